The SMILES string of the molecule is CC(C)(C)NC(=O)COC(=O)c1cccc(OC(F)F)c1. The lowest BCUT2D eigenvalue weighted by Crippen LogP contribution is -2.42. The highest BCUT2D eigenvalue weighted by molar-refractivity contribution is 5.91. The molecule has 0 saturated heterocycles. The molecule has 1 N–H and O–H groups in total. The third-order valence-electron chi connectivity index (χ3n) is 2.14. The number of rotatable bonds is 5. The maximum Gasteiger partial charge on any atom is 0.387 e. The lowest BCUT2D eigenvalue weighted by atomic mass is 10.1. The van der Waals surface area contributed by atoms with Crippen LogP contribution in [-0.4, -0.2) is 30.6 Å². The molecule has 0 fully saturated rings. The maximum absolute atomic E-state index is 12.1. The topological polar surface area (TPSA) is 64.6 Å². The van der Waals surface area contributed by atoms with Crippen molar-refractivity contribution in [2.75, 3.05) is 6.61 Å². The number of hydrogen-bond donors (Lipinski definition) is 1. The van der Waals surface area contributed by atoms with Crippen LogP contribution in [0, 0.1) is 0 Å². The first kappa shape index (κ1) is 16.9. The van der Waals surface area contributed by atoms with Crippen LogP contribution in [0.4, 0.5) is 8.78 Å². The standard InChI is InChI=1S/C14H17F2NO4/c1-14(2,3)17-11(18)8-20-12(19)9-5-4-6-10(7-9)21-13(15)16/h4-7,13H,8H2,1-3H3,(H,17,18). The number of carbonyl (C=O) groups is 2. The molecule has 7 heteroatoms. The van der Waals surface area contributed by atoms with Crippen LogP contribution in [0.25, 0.3) is 0 Å². The van der Waals surface area contributed by atoms with Crippen molar-refractivity contribution in [3.05, 3.63) is 29.8 Å². The number of benzene rings is 1. The second-order valence-corrected chi connectivity index (χ2v) is 5.28. The highest BCUT2D eigenvalue weighted by Gasteiger charge is 2.16. The van der Waals surface area contributed by atoms with E-state index >= 15 is 0 Å². The number of alkyl halides is 2. The Morgan fingerprint density at radius 3 is 2.52 bits per heavy atom. The molecule has 0 unspecified atom stereocenters. The highest BCUT2D eigenvalue weighted by Crippen LogP contribution is 2.16. The monoisotopic (exact) mass is 301 g/mol. The fourth-order valence-electron chi connectivity index (χ4n) is 1.47. The molecule has 0 spiro atoms. The van der Waals surface area contributed by atoms with Crippen molar-refractivity contribution in [1.82, 2.24) is 5.32 Å². The second-order valence-electron chi connectivity index (χ2n) is 5.28. The molecule has 1 rings (SSSR count). The predicted molar refractivity (Wildman–Crippen MR) is 71.3 cm³/mol. The largest absolute Gasteiger partial charge is 0.452 e. The van der Waals surface area contributed by atoms with Crippen LogP contribution in [0.15, 0.2) is 24.3 Å². The zero-order valence-corrected chi connectivity index (χ0v) is 12.0. The molecule has 0 heterocycles. The molecule has 21 heavy (non-hydrogen) atoms. The molecule has 0 saturated carbocycles. The van der Waals surface area contributed by atoms with E-state index in [1.165, 1.54) is 18.2 Å². The molecule has 0 radical (unpaired) electrons. The molecule has 1 amide bonds. The predicted octanol–water partition coefficient (Wildman–Crippen LogP) is 2.36. The van der Waals surface area contributed by atoms with E-state index in [2.05, 4.69) is 10.1 Å². The van der Waals surface area contributed by atoms with E-state index in [4.69, 9.17) is 4.74 Å². The van der Waals surface area contributed by atoms with Crippen molar-refractivity contribution in [3.8, 4) is 5.75 Å². The molecule has 0 aromatic heterocycles. The van der Waals surface area contributed by atoms with Crippen molar-refractivity contribution in [1.29, 1.82) is 0 Å². The van der Waals surface area contributed by atoms with Gasteiger partial charge in [0.05, 0.1) is 5.56 Å². The first-order chi connectivity index (χ1) is 9.67. The van der Waals surface area contributed by atoms with Crippen molar-refractivity contribution in [2.24, 2.45) is 0 Å². The summed E-state index contributed by atoms with van der Waals surface area (Å²) in [6.45, 7) is 1.94. The number of esters is 1. The van der Waals surface area contributed by atoms with Crippen LogP contribution in [0.1, 0.15) is 31.1 Å². The summed E-state index contributed by atoms with van der Waals surface area (Å²) < 4.78 is 33.1. The molecule has 0 aliphatic rings. The fourth-order valence-corrected chi connectivity index (χ4v) is 1.47. The van der Waals surface area contributed by atoms with Gasteiger partial charge in [-0.2, -0.15) is 8.78 Å². The molecular weight excluding hydrogens is 284 g/mol. The first-order valence-corrected chi connectivity index (χ1v) is 6.20. The van der Waals surface area contributed by atoms with Gasteiger partial charge in [-0.1, -0.05) is 6.07 Å². The highest BCUT2D eigenvalue weighted by atomic mass is 19.3. The van der Waals surface area contributed by atoms with Gasteiger partial charge in [0, 0.05) is 5.54 Å². The van der Waals surface area contributed by atoms with Gasteiger partial charge >= 0.3 is 12.6 Å². The zero-order chi connectivity index (χ0) is 16.0. The van der Waals surface area contributed by atoms with Crippen molar-refractivity contribution >= 4 is 11.9 Å². The van der Waals surface area contributed by atoms with Gasteiger partial charge in [0.2, 0.25) is 0 Å². The van der Waals surface area contributed by atoms with Gasteiger partial charge in [0.15, 0.2) is 6.61 Å². The summed E-state index contributed by atoms with van der Waals surface area (Å²) in [7, 11) is 0. The van der Waals surface area contributed by atoms with Crippen LogP contribution in [0.2, 0.25) is 0 Å². The Bertz CT molecular complexity index is 512. The van der Waals surface area contributed by atoms with Crippen LogP contribution in [0.3, 0.4) is 0 Å². The number of nitrogens with one attached hydrogen (secondary N) is 1. The Morgan fingerprint density at radius 2 is 1.95 bits per heavy atom. The van der Waals surface area contributed by atoms with Crippen molar-refractivity contribution in [3.63, 3.8) is 0 Å². The van der Waals surface area contributed by atoms with Gasteiger partial charge < -0.3 is 14.8 Å². The summed E-state index contributed by atoms with van der Waals surface area (Å²) in [6, 6.07) is 5.16. The first-order valence-electron chi connectivity index (χ1n) is 6.20. The van der Waals surface area contributed by atoms with Gasteiger partial charge in [0.25, 0.3) is 5.91 Å². The van der Waals surface area contributed by atoms with E-state index in [1.54, 1.807) is 20.8 Å². The molecule has 0 aliphatic heterocycles. The lowest BCUT2D eigenvalue weighted by Gasteiger charge is -2.20. The van der Waals surface area contributed by atoms with E-state index in [-0.39, 0.29) is 11.3 Å². The Hall–Kier alpha value is -2.18. The molecule has 0 aliphatic carbocycles. The molecule has 1 aromatic rings. The number of hydrogen-bond acceptors (Lipinski definition) is 4. The van der Waals surface area contributed by atoms with Crippen LogP contribution in [-0.2, 0) is 9.53 Å². The fraction of sp³-hybridized carbons (Fsp3) is 0.429. The summed E-state index contributed by atoms with van der Waals surface area (Å²) in [5.74, 6) is -1.40. The smallest absolute Gasteiger partial charge is 0.387 e. The van der Waals surface area contributed by atoms with Crippen molar-refractivity contribution in [2.45, 2.75) is 32.9 Å². The van der Waals surface area contributed by atoms with E-state index in [1.807, 2.05) is 0 Å². The van der Waals surface area contributed by atoms with Crippen LogP contribution >= 0.6 is 0 Å². The zero-order valence-electron chi connectivity index (χ0n) is 12.0. The Balaban J connectivity index is 2.58. The van der Waals surface area contributed by atoms with Crippen LogP contribution in [0.5, 0.6) is 5.75 Å². The van der Waals surface area contributed by atoms with Gasteiger partial charge in [0.1, 0.15) is 5.75 Å². The third kappa shape index (κ3) is 6.69. The minimum absolute atomic E-state index is 0.0247. The Morgan fingerprint density at radius 1 is 1.29 bits per heavy atom. The second kappa shape index (κ2) is 7.01. The minimum atomic E-state index is -2.98. The number of amides is 1. The summed E-state index contributed by atoms with van der Waals surface area (Å²) in [6.07, 6.45) is 0. The summed E-state index contributed by atoms with van der Waals surface area (Å²) >= 11 is 0. The Labute approximate surface area is 121 Å². The quantitative estimate of drug-likeness (QED) is 0.848. The van der Waals surface area contributed by atoms with E-state index in [0.717, 1.165) is 6.07 Å². The minimum Gasteiger partial charge on any atom is -0.452 e. The molecule has 0 atom stereocenters. The summed E-state index contributed by atoms with van der Waals surface area (Å²) in [4.78, 5) is 23.2. The summed E-state index contributed by atoms with van der Waals surface area (Å²) in [5, 5.41) is 2.62. The van der Waals surface area contributed by atoms with Crippen molar-refractivity contribution < 1.29 is 27.8 Å². The summed E-state index contributed by atoms with van der Waals surface area (Å²) in [5.41, 5.74) is -0.411. The normalized spacial score (nSPS) is 11.1. The Kier molecular flexibility index (Phi) is 5.63. The van der Waals surface area contributed by atoms with Gasteiger partial charge in [-0.15, -0.1) is 0 Å². The average molecular weight is 301 g/mol. The van der Waals surface area contributed by atoms with E-state index in [9.17, 15) is 18.4 Å². The van der Waals surface area contributed by atoms with E-state index in [0.29, 0.717) is 0 Å². The average Bonchev–Trinajstić information content (AvgIpc) is 2.33. The van der Waals surface area contributed by atoms with Gasteiger partial charge in [-0.05, 0) is 39.0 Å². The van der Waals surface area contributed by atoms with E-state index < -0.39 is 30.6 Å². The number of ether oxygens (including phenoxy) is 2. The number of carbonyl (C=O) groups excluding carboxylic acids is 2. The molecule has 5 nitrogen and oxygen atoms in total. The molecule has 1 aromatic carbocycles. The number of halogens is 2. The van der Waals surface area contributed by atoms with Gasteiger partial charge in [-0.25, -0.2) is 4.79 Å². The third-order valence-corrected chi connectivity index (χ3v) is 2.14. The lowest BCUT2D eigenvalue weighted by molar-refractivity contribution is -0.125. The van der Waals surface area contributed by atoms with Gasteiger partial charge in [-0.3, -0.25) is 4.79 Å². The molecule has 0 bridgehead atoms. The molecule has 116 valence electrons. The molecular formula is C14H17F2NO4. The maximum atomic E-state index is 12.1. The van der Waals surface area contributed by atoms with Crippen LogP contribution < -0.4 is 10.1 Å².